The number of phenols is 2. The summed E-state index contributed by atoms with van der Waals surface area (Å²) < 4.78 is 0. The molecule has 3 rings (SSSR count). The monoisotopic (exact) mass is 642 g/mol. The molecule has 0 unspecified atom stereocenters. The Morgan fingerprint density at radius 3 is 1.39 bits per heavy atom. The molecule has 2 aromatic rings. The first kappa shape index (κ1) is 36.5. The van der Waals surface area contributed by atoms with Gasteiger partial charge in [-0.05, 0) is 71.3 Å². The summed E-state index contributed by atoms with van der Waals surface area (Å²) >= 11 is 3.46. The maximum absolute atomic E-state index is 11.2. The maximum atomic E-state index is 11.2. The standard InChI is InChI=1S/C36H54N2O4S2/c1-35(2,3)29-21-25(11-15-43-17-13-39)19-27(33(29)41)23-37-31-9-7-8-10-32(31)38-24-28-20-26(12-16-44-18-14-40)22-30(34(28)42)36(4,5)6/h19-24,31-32,39-42H,7-18H2,1-6H3/t31-,32-/m1/s1. The van der Waals surface area contributed by atoms with Gasteiger partial charge in [0.05, 0.1) is 25.3 Å². The van der Waals surface area contributed by atoms with Crippen LogP contribution in [0.4, 0.5) is 0 Å². The van der Waals surface area contributed by atoms with E-state index in [0.717, 1.165) is 94.9 Å². The molecule has 1 aliphatic carbocycles. The summed E-state index contributed by atoms with van der Waals surface area (Å²) in [5, 5.41) is 40.7. The zero-order valence-corrected chi connectivity index (χ0v) is 29.2. The van der Waals surface area contributed by atoms with Gasteiger partial charge in [0.1, 0.15) is 11.5 Å². The van der Waals surface area contributed by atoms with E-state index in [2.05, 4.69) is 53.7 Å². The molecular weight excluding hydrogens is 589 g/mol. The smallest absolute Gasteiger partial charge is 0.128 e. The molecule has 0 amide bonds. The Kier molecular flexibility index (Phi) is 14.1. The number of hydrogen-bond acceptors (Lipinski definition) is 8. The molecular formula is C36H54N2O4S2. The minimum atomic E-state index is -0.210. The van der Waals surface area contributed by atoms with Crippen molar-refractivity contribution < 1.29 is 20.4 Å². The summed E-state index contributed by atoms with van der Waals surface area (Å²) in [5.41, 5.74) is 5.23. The number of aliphatic hydroxyl groups is 2. The molecule has 244 valence electrons. The number of nitrogens with zero attached hydrogens (tertiary/aromatic N) is 2. The Labute approximate surface area is 273 Å². The third kappa shape index (κ3) is 10.8. The number of hydrogen-bond donors (Lipinski definition) is 4. The molecule has 0 bridgehead atoms. The van der Waals surface area contributed by atoms with Crippen LogP contribution < -0.4 is 0 Å². The molecule has 1 saturated carbocycles. The highest BCUT2D eigenvalue weighted by atomic mass is 32.2. The molecule has 6 nitrogen and oxygen atoms in total. The molecule has 2 atom stereocenters. The summed E-state index contributed by atoms with van der Waals surface area (Å²) in [5.74, 6) is 3.86. The van der Waals surface area contributed by atoms with E-state index >= 15 is 0 Å². The number of aliphatic imine (C=N–C) groups is 2. The van der Waals surface area contributed by atoms with Crippen LogP contribution in [0.25, 0.3) is 0 Å². The van der Waals surface area contributed by atoms with Gasteiger partial charge in [-0.2, -0.15) is 23.5 Å². The van der Waals surface area contributed by atoms with E-state index in [1.807, 2.05) is 24.6 Å². The van der Waals surface area contributed by atoms with Gasteiger partial charge in [0.2, 0.25) is 0 Å². The molecule has 1 aliphatic rings. The predicted octanol–water partition coefficient (Wildman–Crippen LogP) is 7.08. The first-order valence-electron chi connectivity index (χ1n) is 16.0. The topological polar surface area (TPSA) is 106 Å². The molecule has 0 aromatic heterocycles. The Hall–Kier alpha value is -2.00. The zero-order chi connectivity index (χ0) is 32.3. The lowest BCUT2D eigenvalue weighted by Gasteiger charge is -2.26. The molecule has 0 saturated heterocycles. The summed E-state index contributed by atoms with van der Waals surface area (Å²) in [4.78, 5) is 10.0. The Bertz CT molecular complexity index is 1170. The second-order valence-electron chi connectivity index (χ2n) is 13.8. The van der Waals surface area contributed by atoms with Crippen LogP contribution in [0.3, 0.4) is 0 Å². The van der Waals surface area contributed by atoms with E-state index in [4.69, 9.17) is 20.2 Å². The van der Waals surface area contributed by atoms with Gasteiger partial charge in [-0.25, -0.2) is 0 Å². The van der Waals surface area contributed by atoms with Gasteiger partial charge in [-0.15, -0.1) is 0 Å². The Morgan fingerprint density at radius 1 is 0.659 bits per heavy atom. The zero-order valence-electron chi connectivity index (χ0n) is 27.6. The molecule has 0 heterocycles. The fourth-order valence-electron chi connectivity index (χ4n) is 5.57. The van der Waals surface area contributed by atoms with Crippen molar-refractivity contribution in [3.05, 3.63) is 57.6 Å². The molecule has 2 aromatic carbocycles. The van der Waals surface area contributed by atoms with Gasteiger partial charge in [-0.3, -0.25) is 9.98 Å². The van der Waals surface area contributed by atoms with Crippen LogP contribution >= 0.6 is 23.5 Å². The summed E-state index contributed by atoms with van der Waals surface area (Å²) in [6.07, 6.45) is 9.47. The normalized spacial score (nSPS) is 18.1. The van der Waals surface area contributed by atoms with Crippen molar-refractivity contribution >= 4 is 36.0 Å². The van der Waals surface area contributed by atoms with Gasteiger partial charge >= 0.3 is 0 Å². The number of aliphatic hydroxyl groups excluding tert-OH is 2. The van der Waals surface area contributed by atoms with Crippen LogP contribution in [-0.4, -0.2) is 81.2 Å². The third-order valence-corrected chi connectivity index (χ3v) is 9.99. The maximum Gasteiger partial charge on any atom is 0.128 e. The number of aryl methyl sites for hydroxylation is 2. The fourth-order valence-corrected chi connectivity index (χ4v) is 7.00. The number of phenolic OH excluding ortho intramolecular Hbond substituents is 2. The Balaban J connectivity index is 1.88. The van der Waals surface area contributed by atoms with Gasteiger partial charge in [0.15, 0.2) is 0 Å². The predicted molar refractivity (Wildman–Crippen MR) is 191 cm³/mol. The van der Waals surface area contributed by atoms with Crippen LogP contribution in [0.1, 0.15) is 101 Å². The average Bonchev–Trinajstić information content (AvgIpc) is 2.96. The molecule has 0 radical (unpaired) electrons. The van der Waals surface area contributed by atoms with Crippen molar-refractivity contribution in [2.45, 2.75) is 103 Å². The molecule has 0 aliphatic heterocycles. The average molecular weight is 643 g/mol. The van der Waals surface area contributed by atoms with Crippen LogP contribution in [0.2, 0.25) is 0 Å². The lowest BCUT2D eigenvalue weighted by atomic mass is 9.83. The molecule has 4 N–H and O–H groups in total. The molecule has 44 heavy (non-hydrogen) atoms. The van der Waals surface area contributed by atoms with Crippen LogP contribution in [0.15, 0.2) is 34.3 Å². The summed E-state index contributed by atoms with van der Waals surface area (Å²) in [7, 11) is 0. The van der Waals surface area contributed by atoms with E-state index in [0.29, 0.717) is 0 Å². The van der Waals surface area contributed by atoms with Crippen LogP contribution in [0, 0.1) is 0 Å². The number of aromatic hydroxyl groups is 2. The second-order valence-corrected chi connectivity index (χ2v) is 16.3. The number of rotatable bonds is 14. The van der Waals surface area contributed by atoms with Crippen molar-refractivity contribution in [3.63, 3.8) is 0 Å². The quantitative estimate of drug-likeness (QED) is 0.130. The minimum absolute atomic E-state index is 0.00328. The van der Waals surface area contributed by atoms with Crippen molar-refractivity contribution in [2.75, 3.05) is 36.2 Å². The van der Waals surface area contributed by atoms with Gasteiger partial charge < -0.3 is 20.4 Å². The second kappa shape index (κ2) is 17.1. The number of thioether (sulfide) groups is 2. The highest BCUT2D eigenvalue weighted by molar-refractivity contribution is 7.99. The fraction of sp³-hybridized carbons (Fsp3) is 0.611. The van der Waals surface area contributed by atoms with Crippen LogP contribution in [0.5, 0.6) is 11.5 Å². The molecule has 0 spiro atoms. The van der Waals surface area contributed by atoms with Crippen LogP contribution in [-0.2, 0) is 23.7 Å². The Morgan fingerprint density at radius 2 is 1.05 bits per heavy atom. The first-order valence-corrected chi connectivity index (χ1v) is 18.3. The van der Waals surface area contributed by atoms with Crippen molar-refractivity contribution in [1.29, 1.82) is 0 Å². The minimum Gasteiger partial charge on any atom is -0.507 e. The van der Waals surface area contributed by atoms with Crippen molar-refractivity contribution in [1.82, 2.24) is 0 Å². The SMILES string of the molecule is CC(C)(C)c1cc(CCSCCO)cc(C=N[C@@H]2CCCC[C@H]2N=Cc2cc(CCSCCO)cc(C(C)(C)C)c2O)c1O. The summed E-state index contributed by atoms with van der Waals surface area (Å²) in [6, 6.07) is 8.32. The van der Waals surface area contributed by atoms with E-state index in [1.54, 1.807) is 23.5 Å². The largest absolute Gasteiger partial charge is 0.507 e. The first-order chi connectivity index (χ1) is 20.8. The van der Waals surface area contributed by atoms with E-state index in [9.17, 15) is 10.2 Å². The lowest BCUT2D eigenvalue weighted by Crippen LogP contribution is -2.27. The molecule has 1 fully saturated rings. The van der Waals surface area contributed by atoms with Crippen molar-refractivity contribution in [3.8, 4) is 11.5 Å². The highest BCUT2D eigenvalue weighted by Crippen LogP contribution is 2.36. The number of benzene rings is 2. The van der Waals surface area contributed by atoms with Gasteiger partial charge in [0, 0.05) is 46.2 Å². The van der Waals surface area contributed by atoms with E-state index < -0.39 is 0 Å². The molecule has 8 heteroatoms. The lowest BCUT2D eigenvalue weighted by molar-refractivity contribution is 0.322. The highest BCUT2D eigenvalue weighted by Gasteiger charge is 2.26. The van der Waals surface area contributed by atoms with Crippen molar-refractivity contribution in [2.24, 2.45) is 9.98 Å². The summed E-state index contributed by atoms with van der Waals surface area (Å²) in [6.45, 7) is 13.1. The van der Waals surface area contributed by atoms with Gasteiger partial charge in [0.25, 0.3) is 0 Å². The third-order valence-electron chi connectivity index (χ3n) is 8.06. The van der Waals surface area contributed by atoms with E-state index in [-0.39, 0.29) is 47.6 Å². The van der Waals surface area contributed by atoms with Gasteiger partial charge in [-0.1, -0.05) is 66.5 Å². The van der Waals surface area contributed by atoms with E-state index in [1.165, 1.54) is 0 Å².